The second kappa shape index (κ2) is 5.34. The van der Waals surface area contributed by atoms with Crippen LogP contribution >= 0.6 is 0 Å². The van der Waals surface area contributed by atoms with Crippen LogP contribution in [0.5, 0.6) is 0 Å². The van der Waals surface area contributed by atoms with Crippen LogP contribution in [0.4, 0.5) is 11.5 Å². The number of hydrogen-bond acceptors (Lipinski definition) is 5. The monoisotopic (exact) mass is 257 g/mol. The maximum Gasteiger partial charge on any atom is 0.271 e. The fraction of sp³-hybridized carbons (Fsp3) is 0.154. The molecule has 0 bridgehead atoms. The third kappa shape index (κ3) is 2.79. The van der Waals surface area contributed by atoms with Gasteiger partial charge in [0, 0.05) is 31.7 Å². The largest absolute Gasteiger partial charge is 0.398 e. The number of anilines is 2. The first-order valence-corrected chi connectivity index (χ1v) is 5.75. The summed E-state index contributed by atoms with van der Waals surface area (Å²) in [5.41, 5.74) is 13.0. The Bertz CT molecular complexity index is 599. The lowest BCUT2D eigenvalue weighted by atomic mass is 10.1. The van der Waals surface area contributed by atoms with Crippen LogP contribution in [0, 0.1) is 0 Å². The Morgan fingerprint density at radius 2 is 1.95 bits per heavy atom. The molecular weight excluding hydrogens is 242 g/mol. The van der Waals surface area contributed by atoms with Gasteiger partial charge >= 0.3 is 0 Å². The Labute approximate surface area is 111 Å². The average molecular weight is 257 g/mol. The van der Waals surface area contributed by atoms with Gasteiger partial charge in [-0.25, -0.2) is 9.97 Å². The van der Waals surface area contributed by atoms with E-state index in [2.05, 4.69) is 9.97 Å². The summed E-state index contributed by atoms with van der Waals surface area (Å²) in [5, 5.41) is 0. The van der Waals surface area contributed by atoms with Gasteiger partial charge < -0.3 is 16.4 Å². The van der Waals surface area contributed by atoms with E-state index in [4.69, 9.17) is 11.5 Å². The zero-order valence-corrected chi connectivity index (χ0v) is 10.6. The van der Waals surface area contributed by atoms with Crippen molar-refractivity contribution in [3.8, 4) is 0 Å². The molecule has 6 heteroatoms. The smallest absolute Gasteiger partial charge is 0.271 e. The molecular formula is C13H15N5O. The number of carbonyl (C=O) groups excluding carboxylic acids is 1. The molecule has 0 aliphatic carbocycles. The molecule has 1 aromatic heterocycles. The summed E-state index contributed by atoms with van der Waals surface area (Å²) in [5.74, 6) is -0.158. The number of rotatable bonds is 4. The van der Waals surface area contributed by atoms with E-state index >= 15 is 0 Å². The van der Waals surface area contributed by atoms with Gasteiger partial charge in [0.1, 0.15) is 0 Å². The molecule has 2 rings (SSSR count). The molecule has 2 aromatic rings. The summed E-state index contributed by atoms with van der Waals surface area (Å²) in [7, 11) is 1.81. The van der Waals surface area contributed by atoms with Gasteiger partial charge in [0.15, 0.2) is 11.5 Å². The van der Waals surface area contributed by atoms with Gasteiger partial charge in [-0.3, -0.25) is 4.79 Å². The summed E-state index contributed by atoms with van der Waals surface area (Å²) in [6, 6.07) is 7.53. The lowest BCUT2D eigenvalue weighted by Gasteiger charge is -2.20. The van der Waals surface area contributed by atoms with Crippen LogP contribution in [-0.2, 0) is 6.54 Å². The number of nitrogens with two attached hydrogens (primary N) is 2. The number of primary amides is 1. The SMILES string of the molecule is CN(Cc1ccccc1N)c1nccnc1C(N)=O. The quantitative estimate of drug-likeness (QED) is 0.789. The van der Waals surface area contributed by atoms with Crippen LogP contribution in [0.15, 0.2) is 36.7 Å². The van der Waals surface area contributed by atoms with Gasteiger partial charge in [0.2, 0.25) is 0 Å². The number of para-hydroxylation sites is 1. The zero-order chi connectivity index (χ0) is 13.8. The van der Waals surface area contributed by atoms with Gasteiger partial charge in [-0.15, -0.1) is 0 Å². The van der Waals surface area contributed by atoms with E-state index in [9.17, 15) is 4.79 Å². The summed E-state index contributed by atoms with van der Waals surface area (Å²) in [6.45, 7) is 0.519. The standard InChI is InChI=1S/C13H15N5O/c1-18(8-9-4-2-3-5-10(9)14)13-11(12(15)19)16-6-7-17-13/h2-7H,8,14H2,1H3,(H2,15,19). The second-order valence-corrected chi connectivity index (χ2v) is 4.15. The van der Waals surface area contributed by atoms with Crippen molar-refractivity contribution in [1.29, 1.82) is 0 Å². The molecule has 0 saturated carbocycles. The van der Waals surface area contributed by atoms with Crippen molar-refractivity contribution in [2.75, 3.05) is 17.7 Å². The molecule has 98 valence electrons. The number of aromatic nitrogens is 2. The highest BCUT2D eigenvalue weighted by Crippen LogP contribution is 2.18. The summed E-state index contributed by atoms with van der Waals surface area (Å²) < 4.78 is 0. The molecule has 0 unspecified atom stereocenters. The number of amides is 1. The molecule has 1 heterocycles. The Morgan fingerprint density at radius 3 is 2.63 bits per heavy atom. The van der Waals surface area contributed by atoms with Crippen LogP contribution in [0.25, 0.3) is 0 Å². The molecule has 0 atom stereocenters. The van der Waals surface area contributed by atoms with Crippen molar-refractivity contribution < 1.29 is 4.79 Å². The minimum Gasteiger partial charge on any atom is -0.398 e. The zero-order valence-electron chi connectivity index (χ0n) is 10.6. The van der Waals surface area contributed by atoms with Gasteiger partial charge in [-0.2, -0.15) is 0 Å². The molecule has 0 radical (unpaired) electrons. The van der Waals surface area contributed by atoms with E-state index in [0.717, 1.165) is 5.56 Å². The Kier molecular flexibility index (Phi) is 3.61. The van der Waals surface area contributed by atoms with Crippen LogP contribution in [0.3, 0.4) is 0 Å². The summed E-state index contributed by atoms with van der Waals surface area (Å²) >= 11 is 0. The Morgan fingerprint density at radius 1 is 1.26 bits per heavy atom. The van der Waals surface area contributed by atoms with Crippen LogP contribution in [-0.4, -0.2) is 22.9 Å². The van der Waals surface area contributed by atoms with Crippen molar-refractivity contribution in [1.82, 2.24) is 9.97 Å². The Hall–Kier alpha value is -2.63. The van der Waals surface area contributed by atoms with E-state index in [1.54, 1.807) is 4.90 Å². The van der Waals surface area contributed by atoms with Gasteiger partial charge in [-0.1, -0.05) is 18.2 Å². The molecule has 4 N–H and O–H groups in total. The van der Waals surface area contributed by atoms with E-state index < -0.39 is 5.91 Å². The van der Waals surface area contributed by atoms with Crippen LogP contribution in [0.2, 0.25) is 0 Å². The van der Waals surface area contributed by atoms with Crippen molar-refractivity contribution in [2.24, 2.45) is 5.73 Å². The first kappa shape index (κ1) is 12.8. The van der Waals surface area contributed by atoms with Crippen LogP contribution < -0.4 is 16.4 Å². The molecule has 1 aromatic carbocycles. The molecule has 6 nitrogen and oxygen atoms in total. The number of hydrogen-bond donors (Lipinski definition) is 2. The molecule has 0 saturated heterocycles. The molecule has 0 aliphatic heterocycles. The molecule has 0 fully saturated rings. The molecule has 19 heavy (non-hydrogen) atoms. The first-order valence-electron chi connectivity index (χ1n) is 5.75. The van der Waals surface area contributed by atoms with E-state index in [0.29, 0.717) is 18.1 Å². The van der Waals surface area contributed by atoms with Gasteiger partial charge in [-0.05, 0) is 11.6 Å². The third-order valence-corrected chi connectivity index (χ3v) is 2.74. The normalized spacial score (nSPS) is 10.2. The van der Waals surface area contributed by atoms with Crippen molar-refractivity contribution >= 4 is 17.4 Å². The first-order chi connectivity index (χ1) is 9.09. The predicted molar refractivity (Wildman–Crippen MR) is 73.5 cm³/mol. The maximum absolute atomic E-state index is 11.3. The number of nitrogen functional groups attached to an aromatic ring is 1. The van der Waals surface area contributed by atoms with Crippen LogP contribution in [0.1, 0.15) is 16.1 Å². The van der Waals surface area contributed by atoms with Crippen molar-refractivity contribution in [3.63, 3.8) is 0 Å². The van der Waals surface area contributed by atoms with E-state index in [1.165, 1.54) is 12.4 Å². The van der Waals surface area contributed by atoms with Crippen molar-refractivity contribution in [3.05, 3.63) is 47.9 Å². The minimum atomic E-state index is -0.601. The van der Waals surface area contributed by atoms with Crippen molar-refractivity contribution in [2.45, 2.75) is 6.54 Å². The topological polar surface area (TPSA) is 98.1 Å². The summed E-state index contributed by atoms with van der Waals surface area (Å²) in [4.78, 5) is 21.2. The number of nitrogens with zero attached hydrogens (tertiary/aromatic N) is 3. The second-order valence-electron chi connectivity index (χ2n) is 4.15. The average Bonchev–Trinajstić information content (AvgIpc) is 2.41. The Balaban J connectivity index is 2.28. The number of carbonyl (C=O) groups is 1. The summed E-state index contributed by atoms with van der Waals surface area (Å²) in [6.07, 6.45) is 2.96. The van der Waals surface area contributed by atoms with E-state index in [-0.39, 0.29) is 5.69 Å². The van der Waals surface area contributed by atoms with Gasteiger partial charge in [0.05, 0.1) is 0 Å². The third-order valence-electron chi connectivity index (χ3n) is 2.74. The van der Waals surface area contributed by atoms with Gasteiger partial charge in [0.25, 0.3) is 5.91 Å². The highest BCUT2D eigenvalue weighted by Gasteiger charge is 2.15. The molecule has 0 aliphatic rings. The fourth-order valence-electron chi connectivity index (χ4n) is 1.79. The molecule has 0 spiro atoms. The highest BCUT2D eigenvalue weighted by atomic mass is 16.1. The minimum absolute atomic E-state index is 0.152. The molecule has 1 amide bonds. The highest BCUT2D eigenvalue weighted by molar-refractivity contribution is 5.95. The lowest BCUT2D eigenvalue weighted by molar-refractivity contribution is 0.0995. The van der Waals surface area contributed by atoms with E-state index in [1.807, 2.05) is 31.3 Å². The predicted octanol–water partition coefficient (Wildman–Crippen LogP) is 0.794. The number of benzene rings is 1. The maximum atomic E-state index is 11.3. The fourth-order valence-corrected chi connectivity index (χ4v) is 1.79. The lowest BCUT2D eigenvalue weighted by Crippen LogP contribution is -2.24.